The van der Waals surface area contributed by atoms with Crippen molar-refractivity contribution in [1.29, 1.82) is 0 Å². The van der Waals surface area contributed by atoms with Crippen LogP contribution in [-0.2, 0) is 0 Å². The smallest absolute Gasteiger partial charge is 0.225 e. The van der Waals surface area contributed by atoms with Gasteiger partial charge in [-0.05, 0) is 36.3 Å². The Morgan fingerprint density at radius 3 is 3.00 bits per heavy atom. The first-order valence-electron chi connectivity index (χ1n) is 5.52. The van der Waals surface area contributed by atoms with E-state index in [4.69, 9.17) is 16.3 Å². The minimum Gasteiger partial charge on any atom is -0.477 e. The zero-order valence-corrected chi connectivity index (χ0v) is 10.0. The van der Waals surface area contributed by atoms with Crippen LogP contribution in [0.5, 0.6) is 5.88 Å². The van der Waals surface area contributed by atoms with Crippen LogP contribution in [-0.4, -0.2) is 16.6 Å². The molecule has 0 aromatic carbocycles. The van der Waals surface area contributed by atoms with Crippen molar-refractivity contribution in [3.05, 3.63) is 29.7 Å². The third kappa shape index (κ3) is 2.95. The summed E-state index contributed by atoms with van der Waals surface area (Å²) in [7, 11) is 0. The first kappa shape index (κ1) is 11.4. The maximum atomic E-state index is 5.68. The van der Waals surface area contributed by atoms with Gasteiger partial charge in [-0.15, -0.1) is 0 Å². The molecule has 0 radical (unpaired) electrons. The van der Waals surface area contributed by atoms with Crippen molar-refractivity contribution in [3.8, 4) is 5.88 Å². The van der Waals surface area contributed by atoms with Gasteiger partial charge < -0.3 is 4.74 Å². The summed E-state index contributed by atoms with van der Waals surface area (Å²) in [6.07, 6.45) is 8.29. The van der Waals surface area contributed by atoms with Gasteiger partial charge in [-0.2, -0.15) is 4.98 Å². The molecule has 1 aromatic heterocycles. The predicted octanol–water partition coefficient (Wildman–Crippen LogP) is 3.11. The number of nitrogens with zero attached hydrogens (tertiary/aromatic N) is 2. The number of rotatable bonds is 3. The van der Waals surface area contributed by atoms with Crippen LogP contribution in [0.4, 0.5) is 0 Å². The highest BCUT2D eigenvalue weighted by Gasteiger charge is 2.18. The summed E-state index contributed by atoms with van der Waals surface area (Å²) in [5, 5.41) is 0.231. The van der Waals surface area contributed by atoms with E-state index in [0.717, 1.165) is 12.8 Å². The van der Waals surface area contributed by atoms with Crippen LogP contribution in [0.1, 0.15) is 19.8 Å². The van der Waals surface area contributed by atoms with Crippen LogP contribution in [0.3, 0.4) is 0 Å². The van der Waals surface area contributed by atoms with Crippen LogP contribution in [0.2, 0.25) is 5.28 Å². The van der Waals surface area contributed by atoms with E-state index in [-0.39, 0.29) is 5.28 Å². The Hall–Kier alpha value is -1.09. The van der Waals surface area contributed by atoms with E-state index >= 15 is 0 Å². The molecule has 0 spiro atoms. The minimum atomic E-state index is 0.231. The van der Waals surface area contributed by atoms with Crippen LogP contribution < -0.4 is 4.74 Å². The maximum absolute atomic E-state index is 5.68. The Morgan fingerprint density at radius 1 is 1.44 bits per heavy atom. The molecule has 2 unspecified atom stereocenters. The van der Waals surface area contributed by atoms with Gasteiger partial charge in [-0.25, -0.2) is 4.98 Å². The Morgan fingerprint density at radius 2 is 2.25 bits per heavy atom. The van der Waals surface area contributed by atoms with E-state index in [2.05, 4.69) is 29.0 Å². The summed E-state index contributed by atoms with van der Waals surface area (Å²) in [5.74, 6) is 1.79. The van der Waals surface area contributed by atoms with Crippen molar-refractivity contribution >= 4 is 11.6 Å². The fraction of sp³-hybridized carbons (Fsp3) is 0.500. The number of hydrogen-bond donors (Lipinski definition) is 0. The van der Waals surface area contributed by atoms with Gasteiger partial charge >= 0.3 is 0 Å². The summed E-state index contributed by atoms with van der Waals surface area (Å²) < 4.78 is 5.63. The maximum Gasteiger partial charge on any atom is 0.225 e. The predicted molar refractivity (Wildman–Crippen MR) is 63.6 cm³/mol. The van der Waals surface area contributed by atoms with Crippen LogP contribution in [0.25, 0.3) is 0 Å². The fourth-order valence-electron chi connectivity index (χ4n) is 1.83. The lowest BCUT2D eigenvalue weighted by Crippen LogP contribution is -2.21. The summed E-state index contributed by atoms with van der Waals surface area (Å²) in [6.45, 7) is 2.95. The zero-order valence-electron chi connectivity index (χ0n) is 9.27. The van der Waals surface area contributed by atoms with Crippen LogP contribution in [0.15, 0.2) is 24.4 Å². The van der Waals surface area contributed by atoms with Gasteiger partial charge in [0.1, 0.15) is 0 Å². The first-order valence-corrected chi connectivity index (χ1v) is 5.90. The van der Waals surface area contributed by atoms with Crippen molar-refractivity contribution in [2.75, 3.05) is 6.61 Å². The lowest BCUT2D eigenvalue weighted by molar-refractivity contribution is 0.192. The van der Waals surface area contributed by atoms with Gasteiger partial charge in [0.05, 0.1) is 6.61 Å². The molecule has 1 aliphatic carbocycles. The van der Waals surface area contributed by atoms with Crippen molar-refractivity contribution in [2.45, 2.75) is 19.8 Å². The molecule has 0 fully saturated rings. The summed E-state index contributed by atoms with van der Waals surface area (Å²) >= 11 is 5.68. The highest BCUT2D eigenvalue weighted by molar-refractivity contribution is 6.28. The molecule has 1 heterocycles. The summed E-state index contributed by atoms with van der Waals surface area (Å²) in [5.41, 5.74) is 0. The van der Waals surface area contributed by atoms with E-state index in [0.29, 0.717) is 24.3 Å². The Kier molecular flexibility index (Phi) is 3.78. The molecule has 0 aliphatic heterocycles. The normalized spacial score (nSPS) is 24.4. The highest BCUT2D eigenvalue weighted by Crippen LogP contribution is 2.25. The third-order valence-corrected chi connectivity index (χ3v) is 3.15. The van der Waals surface area contributed by atoms with Crippen molar-refractivity contribution in [3.63, 3.8) is 0 Å². The highest BCUT2D eigenvalue weighted by atomic mass is 35.5. The molecule has 2 atom stereocenters. The van der Waals surface area contributed by atoms with Gasteiger partial charge in [-0.3, -0.25) is 0 Å². The van der Waals surface area contributed by atoms with E-state index in [1.807, 2.05) is 0 Å². The summed E-state index contributed by atoms with van der Waals surface area (Å²) in [6, 6.07) is 1.73. The molecule has 0 bridgehead atoms. The molecule has 1 aromatic rings. The monoisotopic (exact) mass is 238 g/mol. The summed E-state index contributed by atoms with van der Waals surface area (Å²) in [4.78, 5) is 7.81. The third-order valence-electron chi connectivity index (χ3n) is 2.96. The molecule has 0 saturated carbocycles. The second kappa shape index (κ2) is 5.30. The molecular formula is C12H15ClN2O. The van der Waals surface area contributed by atoms with Gasteiger partial charge in [0.2, 0.25) is 11.2 Å². The molecule has 4 heteroatoms. The molecule has 2 rings (SSSR count). The Bertz CT molecular complexity index is 381. The lowest BCUT2D eigenvalue weighted by Gasteiger charge is -2.24. The van der Waals surface area contributed by atoms with Gasteiger partial charge in [-0.1, -0.05) is 19.1 Å². The Balaban J connectivity index is 1.89. The Labute approximate surface area is 101 Å². The molecular weight excluding hydrogens is 224 g/mol. The number of hydrogen-bond acceptors (Lipinski definition) is 3. The van der Waals surface area contributed by atoms with Gasteiger partial charge in [0.15, 0.2) is 0 Å². The molecule has 0 amide bonds. The lowest BCUT2D eigenvalue weighted by atomic mass is 9.85. The molecule has 3 nitrogen and oxygen atoms in total. The first-order chi connectivity index (χ1) is 7.75. The average molecular weight is 239 g/mol. The van der Waals surface area contributed by atoms with E-state index in [1.54, 1.807) is 12.3 Å². The average Bonchev–Trinajstić information content (AvgIpc) is 2.28. The van der Waals surface area contributed by atoms with Crippen molar-refractivity contribution in [1.82, 2.24) is 9.97 Å². The van der Waals surface area contributed by atoms with E-state index in [9.17, 15) is 0 Å². The second-order valence-corrected chi connectivity index (χ2v) is 4.49. The van der Waals surface area contributed by atoms with Gasteiger partial charge in [0, 0.05) is 12.3 Å². The number of halogens is 1. The molecule has 0 N–H and O–H groups in total. The topological polar surface area (TPSA) is 35.0 Å². The van der Waals surface area contributed by atoms with Gasteiger partial charge in [0.25, 0.3) is 0 Å². The SMILES string of the molecule is CC1CC=CCC1COc1ccnc(Cl)n1. The standard InChI is InChI=1S/C12H15ClN2O/c1-9-4-2-3-5-10(9)8-16-11-6-7-14-12(13)15-11/h2-3,6-7,9-10H,4-5,8H2,1H3. The largest absolute Gasteiger partial charge is 0.477 e. The minimum absolute atomic E-state index is 0.231. The fourth-order valence-corrected chi connectivity index (χ4v) is 1.97. The van der Waals surface area contributed by atoms with Crippen LogP contribution >= 0.6 is 11.6 Å². The molecule has 16 heavy (non-hydrogen) atoms. The van der Waals surface area contributed by atoms with Crippen molar-refractivity contribution < 1.29 is 4.74 Å². The zero-order chi connectivity index (χ0) is 11.4. The molecule has 1 aliphatic rings. The number of aromatic nitrogens is 2. The molecule has 86 valence electrons. The number of ether oxygens (including phenoxy) is 1. The van der Waals surface area contributed by atoms with E-state index < -0.39 is 0 Å². The van der Waals surface area contributed by atoms with Crippen LogP contribution in [0, 0.1) is 11.8 Å². The number of allylic oxidation sites excluding steroid dienone is 2. The molecule has 0 saturated heterocycles. The second-order valence-electron chi connectivity index (χ2n) is 4.16. The van der Waals surface area contributed by atoms with E-state index in [1.165, 1.54) is 0 Å². The van der Waals surface area contributed by atoms with Crippen molar-refractivity contribution in [2.24, 2.45) is 11.8 Å². The quantitative estimate of drug-likeness (QED) is 0.600.